The van der Waals surface area contributed by atoms with E-state index in [1.807, 2.05) is 0 Å². The van der Waals surface area contributed by atoms with Gasteiger partial charge >= 0.3 is 0 Å². The van der Waals surface area contributed by atoms with Crippen LogP contribution in [0.25, 0.3) is 0 Å². The third kappa shape index (κ3) is 1.87. The summed E-state index contributed by atoms with van der Waals surface area (Å²) in [5.41, 5.74) is 0.0165. The molecule has 2 nitrogen and oxygen atoms in total. The Hall–Kier alpha value is 0.0500. The van der Waals surface area contributed by atoms with Crippen LogP contribution in [0.2, 0.25) is 0 Å². The molecule has 2 fully saturated rings. The van der Waals surface area contributed by atoms with Gasteiger partial charge in [-0.15, -0.1) is 0 Å². The number of carbonyl (C=O) groups excluding carboxylic acids is 1. The fourth-order valence-electron chi connectivity index (χ4n) is 2.58. The molecule has 0 aromatic heterocycles. The molecule has 14 heavy (non-hydrogen) atoms. The zero-order chi connectivity index (χ0) is 10.2. The van der Waals surface area contributed by atoms with Gasteiger partial charge in [0, 0.05) is 5.54 Å². The van der Waals surface area contributed by atoms with Gasteiger partial charge in [0.2, 0.25) is 0 Å². The van der Waals surface area contributed by atoms with Crippen molar-refractivity contribution in [1.29, 1.82) is 0 Å². The fourth-order valence-corrected chi connectivity index (χ4v) is 2.95. The van der Waals surface area contributed by atoms with Crippen molar-refractivity contribution in [2.45, 2.75) is 54.8 Å². The summed E-state index contributed by atoms with van der Waals surface area (Å²) in [4.78, 5) is 11.7. The Bertz CT molecular complexity index is 247. The van der Waals surface area contributed by atoms with Gasteiger partial charge in [0.1, 0.15) is 0 Å². The third-order valence-electron chi connectivity index (χ3n) is 3.42. The van der Waals surface area contributed by atoms with Crippen molar-refractivity contribution < 1.29 is 4.79 Å². The number of carbonyl (C=O) groups is 1. The molecule has 0 aromatic carbocycles. The molecule has 0 aromatic rings. The minimum Gasteiger partial charge on any atom is -0.348 e. The topological polar surface area (TPSA) is 29.1 Å². The lowest BCUT2D eigenvalue weighted by Crippen LogP contribution is -2.49. The van der Waals surface area contributed by atoms with Crippen LogP contribution in [0, 0.1) is 0 Å². The van der Waals surface area contributed by atoms with E-state index in [0.717, 1.165) is 25.7 Å². The van der Waals surface area contributed by atoms with Gasteiger partial charge in [-0.3, -0.25) is 4.79 Å². The monoisotopic (exact) mass is 235 g/mol. The summed E-state index contributed by atoms with van der Waals surface area (Å²) in [5.74, 6) is -0.194. The molecule has 0 bridgehead atoms. The molecule has 1 aliphatic heterocycles. The van der Waals surface area contributed by atoms with Crippen LogP contribution in [0.15, 0.2) is 0 Å². The first kappa shape index (κ1) is 10.6. The van der Waals surface area contributed by atoms with E-state index < -0.39 is 4.33 Å². The van der Waals surface area contributed by atoms with Gasteiger partial charge in [0.15, 0.2) is 4.33 Å². The lowest BCUT2D eigenvalue weighted by Gasteiger charge is -2.29. The summed E-state index contributed by atoms with van der Waals surface area (Å²) < 4.78 is -1.20. The fraction of sp³-hybridized carbons (Fsp3) is 0.900. The summed E-state index contributed by atoms with van der Waals surface area (Å²) in [6.45, 7) is 0. The molecular weight excluding hydrogens is 221 g/mol. The molecule has 0 unspecified atom stereocenters. The molecule has 2 aliphatic rings. The third-order valence-corrected chi connectivity index (χ3v) is 4.14. The van der Waals surface area contributed by atoms with Crippen LogP contribution < -0.4 is 5.32 Å². The summed E-state index contributed by atoms with van der Waals surface area (Å²) in [6, 6.07) is 0. The first-order chi connectivity index (χ1) is 6.54. The van der Waals surface area contributed by atoms with Gasteiger partial charge in [-0.05, 0) is 32.1 Å². The van der Waals surface area contributed by atoms with Crippen LogP contribution in [-0.4, -0.2) is 15.8 Å². The normalized spacial score (nSPS) is 30.0. The number of hydrogen-bond donors (Lipinski definition) is 1. The largest absolute Gasteiger partial charge is 0.348 e. The minimum absolute atomic E-state index is 0.0165. The lowest BCUT2D eigenvalue weighted by atomic mass is 9.92. The van der Waals surface area contributed by atoms with E-state index in [0.29, 0.717) is 6.42 Å². The molecule has 1 N–H and O–H groups in total. The Balaban J connectivity index is 2.14. The van der Waals surface area contributed by atoms with Crippen molar-refractivity contribution in [3.63, 3.8) is 0 Å². The Kier molecular flexibility index (Phi) is 2.69. The maximum atomic E-state index is 11.7. The predicted octanol–water partition coefficient (Wildman–Crippen LogP) is 2.77. The van der Waals surface area contributed by atoms with E-state index >= 15 is 0 Å². The van der Waals surface area contributed by atoms with E-state index in [9.17, 15) is 4.79 Å². The average Bonchev–Trinajstić information content (AvgIpc) is 2.48. The van der Waals surface area contributed by atoms with Crippen LogP contribution in [0.4, 0.5) is 0 Å². The highest BCUT2D eigenvalue weighted by molar-refractivity contribution is 6.58. The molecular formula is C10H15Cl2NO. The number of halogens is 2. The number of nitrogens with one attached hydrogen (secondary N) is 1. The van der Waals surface area contributed by atoms with Crippen LogP contribution in [-0.2, 0) is 4.79 Å². The zero-order valence-corrected chi connectivity index (χ0v) is 9.63. The quantitative estimate of drug-likeness (QED) is 0.644. The van der Waals surface area contributed by atoms with Crippen molar-refractivity contribution in [2.75, 3.05) is 0 Å². The second-order valence-electron chi connectivity index (χ2n) is 4.50. The SMILES string of the molecule is O=C1NC2(CCCC2)CCCC1(Cl)Cl. The van der Waals surface area contributed by atoms with Gasteiger partial charge in [0.05, 0.1) is 0 Å². The second-order valence-corrected chi connectivity index (χ2v) is 5.98. The zero-order valence-electron chi connectivity index (χ0n) is 8.11. The summed E-state index contributed by atoms with van der Waals surface area (Å²) in [5, 5.41) is 3.04. The molecule has 4 heteroatoms. The highest BCUT2D eigenvalue weighted by atomic mass is 35.5. The van der Waals surface area contributed by atoms with Crippen LogP contribution >= 0.6 is 23.2 Å². The smallest absolute Gasteiger partial charge is 0.256 e. The maximum absolute atomic E-state index is 11.7. The molecule has 1 amide bonds. The maximum Gasteiger partial charge on any atom is 0.256 e. The number of rotatable bonds is 0. The van der Waals surface area contributed by atoms with Crippen molar-refractivity contribution in [3.8, 4) is 0 Å². The Morgan fingerprint density at radius 2 is 1.57 bits per heavy atom. The molecule has 1 aliphatic carbocycles. The number of hydrogen-bond acceptors (Lipinski definition) is 1. The highest BCUT2D eigenvalue weighted by Gasteiger charge is 2.44. The lowest BCUT2D eigenvalue weighted by molar-refractivity contribution is -0.123. The van der Waals surface area contributed by atoms with E-state index in [2.05, 4.69) is 5.32 Å². The summed E-state index contributed by atoms with van der Waals surface area (Å²) >= 11 is 11.9. The van der Waals surface area contributed by atoms with E-state index in [1.54, 1.807) is 0 Å². The molecule has 2 rings (SSSR count). The van der Waals surface area contributed by atoms with Crippen LogP contribution in [0.3, 0.4) is 0 Å². The summed E-state index contributed by atoms with van der Waals surface area (Å²) in [7, 11) is 0. The van der Waals surface area contributed by atoms with Gasteiger partial charge in [0.25, 0.3) is 5.91 Å². The van der Waals surface area contributed by atoms with Crippen molar-refractivity contribution in [1.82, 2.24) is 5.32 Å². The van der Waals surface area contributed by atoms with Gasteiger partial charge < -0.3 is 5.32 Å². The van der Waals surface area contributed by atoms with Crippen LogP contribution in [0.5, 0.6) is 0 Å². The molecule has 0 atom stereocenters. The van der Waals surface area contributed by atoms with E-state index in [1.165, 1.54) is 12.8 Å². The highest BCUT2D eigenvalue weighted by Crippen LogP contribution is 2.40. The molecule has 80 valence electrons. The van der Waals surface area contributed by atoms with E-state index in [-0.39, 0.29) is 11.4 Å². The van der Waals surface area contributed by atoms with E-state index in [4.69, 9.17) is 23.2 Å². The summed E-state index contributed by atoms with van der Waals surface area (Å²) in [6.07, 6.45) is 7.12. The van der Waals surface area contributed by atoms with Crippen molar-refractivity contribution >= 4 is 29.1 Å². The average molecular weight is 236 g/mol. The molecule has 1 spiro atoms. The first-order valence-electron chi connectivity index (χ1n) is 5.25. The Morgan fingerprint density at radius 3 is 2.21 bits per heavy atom. The second kappa shape index (κ2) is 3.57. The minimum atomic E-state index is -1.20. The van der Waals surface area contributed by atoms with Gasteiger partial charge in [-0.1, -0.05) is 36.0 Å². The molecule has 0 radical (unpaired) electrons. The Labute approximate surface area is 94.3 Å². The molecule has 1 saturated carbocycles. The molecule has 1 heterocycles. The number of amides is 1. The van der Waals surface area contributed by atoms with Gasteiger partial charge in [-0.25, -0.2) is 0 Å². The first-order valence-corrected chi connectivity index (χ1v) is 6.00. The molecule has 1 saturated heterocycles. The van der Waals surface area contributed by atoms with Crippen molar-refractivity contribution in [3.05, 3.63) is 0 Å². The number of alkyl halides is 2. The van der Waals surface area contributed by atoms with Gasteiger partial charge in [-0.2, -0.15) is 0 Å². The van der Waals surface area contributed by atoms with Crippen molar-refractivity contribution in [2.24, 2.45) is 0 Å². The standard InChI is InChI=1S/C10H15Cl2NO/c11-10(12)7-3-6-9(13-8(10)14)4-1-2-5-9/h1-7H2,(H,13,14). The Morgan fingerprint density at radius 1 is 1.00 bits per heavy atom. The van der Waals surface area contributed by atoms with Crippen LogP contribution in [0.1, 0.15) is 44.9 Å². The predicted molar refractivity (Wildman–Crippen MR) is 57.6 cm³/mol.